The molecule has 3 rings (SSSR count). The smallest absolute Gasteiger partial charge is 0.122 e. The van der Waals surface area contributed by atoms with Crippen LogP contribution in [0.1, 0.15) is 36.8 Å². The number of nitrogens with two attached hydrogens (primary N) is 1. The Hall–Kier alpha value is -1.10. The van der Waals surface area contributed by atoms with Crippen LogP contribution < -0.4 is 16.0 Å². The maximum absolute atomic E-state index is 5.83. The van der Waals surface area contributed by atoms with E-state index in [4.69, 9.17) is 15.3 Å². The largest absolute Gasteiger partial charge is 0.493 e. The molecule has 0 radical (unpaired) electrons. The van der Waals surface area contributed by atoms with Gasteiger partial charge in [0.1, 0.15) is 5.75 Å². The minimum Gasteiger partial charge on any atom is -0.493 e. The van der Waals surface area contributed by atoms with Crippen molar-refractivity contribution in [3.05, 3.63) is 29.3 Å². The number of rotatable bonds is 5. The third-order valence-corrected chi connectivity index (χ3v) is 4.38. The number of ether oxygens (including phenoxy) is 2. The van der Waals surface area contributed by atoms with Crippen LogP contribution in [0, 0.1) is 0 Å². The van der Waals surface area contributed by atoms with Gasteiger partial charge in [-0.3, -0.25) is 11.3 Å². The molecule has 1 aromatic rings. The van der Waals surface area contributed by atoms with Crippen molar-refractivity contribution < 1.29 is 9.47 Å². The van der Waals surface area contributed by atoms with Crippen molar-refractivity contribution in [3.63, 3.8) is 0 Å². The van der Waals surface area contributed by atoms with Gasteiger partial charge in [-0.2, -0.15) is 0 Å². The number of hydrogen-bond acceptors (Lipinski definition) is 4. The summed E-state index contributed by atoms with van der Waals surface area (Å²) in [5, 5.41) is 0. The van der Waals surface area contributed by atoms with E-state index in [9.17, 15) is 0 Å². The summed E-state index contributed by atoms with van der Waals surface area (Å²) in [7, 11) is 0. The van der Waals surface area contributed by atoms with E-state index in [1.807, 2.05) is 0 Å². The van der Waals surface area contributed by atoms with Crippen LogP contribution in [0.5, 0.6) is 5.75 Å². The van der Waals surface area contributed by atoms with Crippen LogP contribution in [0.15, 0.2) is 18.2 Å². The zero-order valence-electron chi connectivity index (χ0n) is 11.9. The second kappa shape index (κ2) is 6.57. The van der Waals surface area contributed by atoms with Crippen molar-refractivity contribution in [1.29, 1.82) is 0 Å². The van der Waals surface area contributed by atoms with Gasteiger partial charge in [-0.25, -0.2) is 0 Å². The topological polar surface area (TPSA) is 56.5 Å². The van der Waals surface area contributed by atoms with E-state index in [1.54, 1.807) is 0 Å². The van der Waals surface area contributed by atoms with Crippen molar-refractivity contribution >= 4 is 0 Å². The quantitative estimate of drug-likeness (QED) is 0.637. The van der Waals surface area contributed by atoms with Crippen LogP contribution >= 0.6 is 0 Å². The minimum absolute atomic E-state index is 0.250. The van der Waals surface area contributed by atoms with Crippen LogP contribution in [0.2, 0.25) is 0 Å². The highest BCUT2D eigenvalue weighted by atomic mass is 16.5. The van der Waals surface area contributed by atoms with E-state index < -0.39 is 0 Å². The lowest BCUT2D eigenvalue weighted by molar-refractivity contribution is -0.00920. The van der Waals surface area contributed by atoms with Crippen LogP contribution in [0.3, 0.4) is 0 Å². The van der Waals surface area contributed by atoms with Gasteiger partial charge in [-0.1, -0.05) is 12.1 Å². The van der Waals surface area contributed by atoms with Gasteiger partial charge in [0.05, 0.1) is 12.7 Å². The summed E-state index contributed by atoms with van der Waals surface area (Å²) in [6.07, 6.45) is 6.90. The van der Waals surface area contributed by atoms with Gasteiger partial charge in [0, 0.05) is 19.1 Å². The number of hydrogen-bond donors (Lipinski definition) is 2. The first kappa shape index (κ1) is 13.9. The molecule has 110 valence electrons. The second-order valence-corrected chi connectivity index (χ2v) is 5.76. The number of benzene rings is 1. The molecule has 1 saturated heterocycles. The molecule has 1 aromatic carbocycles. The van der Waals surface area contributed by atoms with E-state index in [0.29, 0.717) is 0 Å². The fourth-order valence-corrected chi connectivity index (χ4v) is 3.18. The van der Waals surface area contributed by atoms with E-state index in [-0.39, 0.29) is 12.1 Å². The minimum atomic E-state index is 0.250. The van der Waals surface area contributed by atoms with Gasteiger partial charge < -0.3 is 9.47 Å². The van der Waals surface area contributed by atoms with Gasteiger partial charge >= 0.3 is 0 Å². The van der Waals surface area contributed by atoms with E-state index in [1.165, 1.54) is 24.0 Å². The number of aryl methyl sites for hydroxylation is 1. The van der Waals surface area contributed by atoms with Crippen LogP contribution in [0.25, 0.3) is 0 Å². The summed E-state index contributed by atoms with van der Waals surface area (Å²) in [4.78, 5) is 0. The first-order valence-electron chi connectivity index (χ1n) is 7.69. The molecule has 3 N–H and O–H groups in total. The van der Waals surface area contributed by atoms with Gasteiger partial charge in [0.15, 0.2) is 0 Å². The lowest BCUT2D eigenvalue weighted by Gasteiger charge is -2.30. The summed E-state index contributed by atoms with van der Waals surface area (Å²) in [5.41, 5.74) is 5.65. The van der Waals surface area contributed by atoms with E-state index in [0.717, 1.165) is 44.6 Å². The molecule has 0 aromatic heterocycles. The SMILES string of the molecule is NNC(CCc1ccc2c(c1)CCO2)C1CCCCO1. The Bertz CT molecular complexity index is 444. The Kier molecular flexibility index (Phi) is 4.55. The molecule has 0 spiro atoms. The highest BCUT2D eigenvalue weighted by Gasteiger charge is 2.23. The van der Waals surface area contributed by atoms with Crippen molar-refractivity contribution in [1.82, 2.24) is 5.43 Å². The molecule has 0 aliphatic carbocycles. The number of hydrazine groups is 1. The molecule has 20 heavy (non-hydrogen) atoms. The third kappa shape index (κ3) is 3.14. The molecule has 2 aliphatic rings. The fraction of sp³-hybridized carbons (Fsp3) is 0.625. The van der Waals surface area contributed by atoms with Gasteiger partial charge in [0.2, 0.25) is 0 Å². The van der Waals surface area contributed by atoms with E-state index in [2.05, 4.69) is 23.6 Å². The summed E-state index contributed by atoms with van der Waals surface area (Å²) < 4.78 is 11.4. The Balaban J connectivity index is 1.57. The Morgan fingerprint density at radius 3 is 3.05 bits per heavy atom. The van der Waals surface area contributed by atoms with Crippen LogP contribution in [0.4, 0.5) is 0 Å². The molecule has 0 bridgehead atoms. The van der Waals surface area contributed by atoms with E-state index >= 15 is 0 Å². The fourth-order valence-electron chi connectivity index (χ4n) is 3.18. The first-order chi connectivity index (χ1) is 9.86. The summed E-state index contributed by atoms with van der Waals surface area (Å²) in [6, 6.07) is 6.79. The third-order valence-electron chi connectivity index (χ3n) is 4.38. The highest BCUT2D eigenvalue weighted by Crippen LogP contribution is 2.27. The average molecular weight is 276 g/mol. The normalized spacial score (nSPS) is 23.1. The molecular weight excluding hydrogens is 252 g/mol. The van der Waals surface area contributed by atoms with Crippen molar-refractivity contribution in [2.24, 2.45) is 5.84 Å². The molecule has 2 unspecified atom stereocenters. The number of nitrogens with one attached hydrogen (secondary N) is 1. The zero-order valence-corrected chi connectivity index (χ0v) is 11.9. The molecule has 4 heteroatoms. The molecule has 2 aliphatic heterocycles. The van der Waals surface area contributed by atoms with Gasteiger partial charge in [0.25, 0.3) is 0 Å². The molecule has 2 atom stereocenters. The zero-order chi connectivity index (χ0) is 13.8. The van der Waals surface area contributed by atoms with Gasteiger partial charge in [-0.05, 0) is 49.3 Å². The van der Waals surface area contributed by atoms with Gasteiger partial charge in [-0.15, -0.1) is 0 Å². The first-order valence-corrected chi connectivity index (χ1v) is 7.69. The Labute approximate surface area is 120 Å². The monoisotopic (exact) mass is 276 g/mol. The standard InChI is InChI=1S/C16H24N2O2/c17-18-14(16-3-1-2-9-19-16)6-4-12-5-7-15-13(11-12)8-10-20-15/h5,7,11,14,16,18H,1-4,6,8-10,17H2. The maximum atomic E-state index is 5.83. The van der Waals surface area contributed by atoms with Crippen molar-refractivity contribution in [3.8, 4) is 5.75 Å². The molecule has 0 amide bonds. The maximum Gasteiger partial charge on any atom is 0.122 e. The molecule has 0 saturated carbocycles. The molecule has 2 heterocycles. The lowest BCUT2D eigenvalue weighted by Crippen LogP contribution is -2.46. The second-order valence-electron chi connectivity index (χ2n) is 5.76. The number of fused-ring (bicyclic) bond motifs is 1. The summed E-state index contributed by atoms with van der Waals surface area (Å²) in [6.45, 7) is 1.70. The predicted molar refractivity (Wildman–Crippen MR) is 78.7 cm³/mol. The molecular formula is C16H24N2O2. The molecule has 1 fully saturated rings. The van der Waals surface area contributed by atoms with Crippen LogP contribution in [-0.4, -0.2) is 25.4 Å². The lowest BCUT2D eigenvalue weighted by atomic mass is 9.96. The Morgan fingerprint density at radius 2 is 2.25 bits per heavy atom. The van der Waals surface area contributed by atoms with Crippen molar-refractivity contribution in [2.75, 3.05) is 13.2 Å². The average Bonchev–Trinajstić information content (AvgIpc) is 2.96. The predicted octanol–water partition coefficient (Wildman–Crippen LogP) is 1.96. The highest BCUT2D eigenvalue weighted by molar-refractivity contribution is 5.39. The summed E-state index contributed by atoms with van der Waals surface area (Å²) in [5.74, 6) is 6.76. The van der Waals surface area contributed by atoms with Crippen LogP contribution in [-0.2, 0) is 17.6 Å². The van der Waals surface area contributed by atoms with Crippen molar-refractivity contribution in [2.45, 2.75) is 50.7 Å². The summed E-state index contributed by atoms with van der Waals surface area (Å²) >= 11 is 0. The Morgan fingerprint density at radius 1 is 1.30 bits per heavy atom. The molecule has 4 nitrogen and oxygen atoms in total.